The average Bonchev–Trinajstić information content (AvgIpc) is 2.65. The first-order chi connectivity index (χ1) is 12.9. The molecule has 5 heteroatoms. The molecule has 0 aliphatic carbocycles. The average molecular weight is 393 g/mol. The van der Waals surface area contributed by atoms with Gasteiger partial charge >= 0.3 is 0 Å². The van der Waals surface area contributed by atoms with Crippen molar-refractivity contribution < 1.29 is 17.5 Å². The van der Waals surface area contributed by atoms with Gasteiger partial charge in [0.15, 0.2) is 12.4 Å². The number of nitrogens with zero attached hydrogens (tertiary/aromatic N) is 1. The van der Waals surface area contributed by atoms with Crippen LogP contribution in [0.4, 0.5) is 0 Å². The Balaban J connectivity index is 0.000000289. The van der Waals surface area contributed by atoms with Gasteiger partial charge in [0.1, 0.15) is 6.54 Å². The fourth-order valence-electron chi connectivity index (χ4n) is 2.72. The third kappa shape index (κ3) is 11.6. The highest BCUT2D eigenvalue weighted by molar-refractivity contribution is 7.85. The van der Waals surface area contributed by atoms with Gasteiger partial charge in [0, 0.05) is 18.6 Å². The van der Waals surface area contributed by atoms with Gasteiger partial charge in [-0.1, -0.05) is 69.2 Å². The third-order valence-corrected chi connectivity index (χ3v) is 5.23. The normalized spacial score (nSPS) is 10.9. The van der Waals surface area contributed by atoms with Gasteiger partial charge in [0.25, 0.3) is 10.1 Å². The molecule has 0 aliphatic heterocycles. The van der Waals surface area contributed by atoms with Gasteiger partial charge < -0.3 is 0 Å². The van der Waals surface area contributed by atoms with E-state index < -0.39 is 10.1 Å². The van der Waals surface area contributed by atoms with Crippen LogP contribution >= 0.6 is 0 Å². The Kier molecular flexibility index (Phi) is 11.6. The Hall–Kier alpha value is -1.72. The van der Waals surface area contributed by atoms with Gasteiger partial charge in [-0.25, -0.2) is 4.57 Å². The number of benzene rings is 1. The van der Waals surface area contributed by atoms with E-state index in [9.17, 15) is 8.42 Å². The lowest BCUT2D eigenvalue weighted by molar-refractivity contribution is -0.697. The van der Waals surface area contributed by atoms with E-state index in [0.717, 1.165) is 5.56 Å². The smallest absolute Gasteiger partial charge is 0.282 e. The molecule has 0 atom stereocenters. The summed E-state index contributed by atoms with van der Waals surface area (Å²) >= 11 is 0. The standard InChI is InChI=1S/C15H26N.C7H8O3S/c1-2-3-4-5-6-7-8-10-13-16-14-11-9-12-15-16;1-6-2-4-7(5-3-6)11(8,9)10/h9,11-12,14-15H,2-8,10,13H2,1H3;2-5H,1H3,(H,8,9,10)/q+1;. The molecule has 1 aromatic heterocycles. The van der Waals surface area contributed by atoms with E-state index in [1.165, 1.54) is 70.0 Å². The van der Waals surface area contributed by atoms with Crippen LogP contribution in [0.25, 0.3) is 0 Å². The Morgan fingerprint density at radius 3 is 1.85 bits per heavy atom. The monoisotopic (exact) mass is 392 g/mol. The molecular weight excluding hydrogens is 358 g/mol. The Morgan fingerprint density at radius 2 is 1.33 bits per heavy atom. The first-order valence-electron chi connectivity index (χ1n) is 9.91. The lowest BCUT2D eigenvalue weighted by Crippen LogP contribution is -2.32. The number of hydrogen-bond acceptors (Lipinski definition) is 2. The summed E-state index contributed by atoms with van der Waals surface area (Å²) in [5.74, 6) is 0. The molecule has 0 spiro atoms. The van der Waals surface area contributed by atoms with Gasteiger partial charge in [-0.15, -0.1) is 0 Å². The summed E-state index contributed by atoms with van der Waals surface area (Å²) in [6, 6.07) is 12.3. The minimum Gasteiger partial charge on any atom is -0.282 e. The van der Waals surface area contributed by atoms with Crippen molar-refractivity contribution in [3.63, 3.8) is 0 Å². The van der Waals surface area contributed by atoms with Crippen LogP contribution in [0.3, 0.4) is 0 Å². The predicted octanol–water partition coefficient (Wildman–Crippen LogP) is 5.36. The van der Waals surface area contributed by atoms with Crippen LogP contribution in [0, 0.1) is 6.92 Å². The molecule has 150 valence electrons. The van der Waals surface area contributed by atoms with Crippen molar-refractivity contribution >= 4 is 10.1 Å². The highest BCUT2D eigenvalue weighted by Gasteiger charge is 2.06. The Labute approximate surface area is 165 Å². The van der Waals surface area contributed by atoms with Crippen molar-refractivity contribution in [2.24, 2.45) is 0 Å². The van der Waals surface area contributed by atoms with Gasteiger partial charge in [-0.05, 0) is 25.5 Å². The first-order valence-corrected chi connectivity index (χ1v) is 11.4. The first kappa shape index (κ1) is 23.3. The molecule has 0 amide bonds. The van der Waals surface area contributed by atoms with Crippen molar-refractivity contribution in [3.05, 3.63) is 60.4 Å². The number of aromatic nitrogens is 1. The highest BCUT2D eigenvalue weighted by atomic mass is 32.2. The maximum absolute atomic E-state index is 10.5. The topological polar surface area (TPSA) is 58.2 Å². The summed E-state index contributed by atoms with van der Waals surface area (Å²) in [7, 11) is -4.02. The van der Waals surface area contributed by atoms with Crippen LogP contribution in [0.15, 0.2) is 59.8 Å². The second-order valence-corrected chi connectivity index (χ2v) is 8.30. The van der Waals surface area contributed by atoms with E-state index in [2.05, 4.69) is 42.1 Å². The van der Waals surface area contributed by atoms with Gasteiger partial charge in [0.2, 0.25) is 0 Å². The summed E-state index contributed by atoms with van der Waals surface area (Å²) in [5, 5.41) is 0. The van der Waals surface area contributed by atoms with E-state index in [1.807, 2.05) is 6.92 Å². The minimum atomic E-state index is -4.02. The summed E-state index contributed by atoms with van der Waals surface area (Å²) < 4.78 is 31.8. The molecule has 27 heavy (non-hydrogen) atoms. The lowest BCUT2D eigenvalue weighted by Gasteiger charge is -2.00. The van der Waals surface area contributed by atoms with Crippen LogP contribution in [0.2, 0.25) is 0 Å². The second-order valence-electron chi connectivity index (χ2n) is 6.88. The predicted molar refractivity (Wildman–Crippen MR) is 110 cm³/mol. The van der Waals surface area contributed by atoms with Crippen molar-refractivity contribution in [1.29, 1.82) is 0 Å². The van der Waals surface area contributed by atoms with Crippen molar-refractivity contribution in [1.82, 2.24) is 0 Å². The van der Waals surface area contributed by atoms with Crippen LogP contribution in [0.5, 0.6) is 0 Å². The largest absolute Gasteiger partial charge is 0.294 e. The molecule has 4 nitrogen and oxygen atoms in total. The molecule has 0 unspecified atom stereocenters. The number of aryl methyl sites for hydroxylation is 2. The molecule has 1 aromatic carbocycles. The summed E-state index contributed by atoms with van der Waals surface area (Å²) in [5.41, 5.74) is 0.956. The maximum atomic E-state index is 10.5. The fourth-order valence-corrected chi connectivity index (χ4v) is 3.20. The van der Waals surface area contributed by atoms with Gasteiger partial charge in [0.05, 0.1) is 4.90 Å². The fraction of sp³-hybridized carbons (Fsp3) is 0.500. The van der Waals surface area contributed by atoms with Gasteiger partial charge in [-0.2, -0.15) is 8.42 Å². The molecule has 2 rings (SSSR count). The molecule has 0 fully saturated rings. The molecule has 0 saturated heterocycles. The molecule has 0 aliphatic rings. The maximum Gasteiger partial charge on any atom is 0.294 e. The van der Waals surface area contributed by atoms with E-state index in [0.29, 0.717) is 0 Å². The summed E-state index contributed by atoms with van der Waals surface area (Å²) in [4.78, 5) is -0.0666. The minimum absolute atomic E-state index is 0.0666. The number of unbranched alkanes of at least 4 members (excludes halogenated alkanes) is 7. The highest BCUT2D eigenvalue weighted by Crippen LogP contribution is 2.09. The SMILES string of the molecule is CCCCCCCCCC[n+]1ccccc1.Cc1ccc(S(=O)(=O)O)cc1. The zero-order valence-corrected chi connectivity index (χ0v) is 17.5. The van der Waals surface area contributed by atoms with E-state index in [4.69, 9.17) is 4.55 Å². The zero-order valence-electron chi connectivity index (χ0n) is 16.7. The Morgan fingerprint density at radius 1 is 0.815 bits per heavy atom. The third-order valence-electron chi connectivity index (χ3n) is 4.37. The van der Waals surface area contributed by atoms with Crippen molar-refractivity contribution in [3.8, 4) is 0 Å². The van der Waals surface area contributed by atoms with Crippen LogP contribution in [0.1, 0.15) is 63.9 Å². The van der Waals surface area contributed by atoms with Crippen LogP contribution in [-0.4, -0.2) is 13.0 Å². The molecule has 0 saturated carbocycles. The van der Waals surface area contributed by atoms with Gasteiger partial charge in [-0.3, -0.25) is 4.55 Å². The molecule has 1 heterocycles. The van der Waals surface area contributed by atoms with E-state index in [1.54, 1.807) is 12.1 Å². The van der Waals surface area contributed by atoms with E-state index >= 15 is 0 Å². The second kappa shape index (κ2) is 13.4. The Bertz CT molecular complexity index is 713. The molecule has 1 N–H and O–H groups in total. The number of rotatable bonds is 10. The number of hydrogen-bond donors (Lipinski definition) is 1. The molecule has 0 bridgehead atoms. The zero-order chi connectivity index (χ0) is 20.0. The van der Waals surface area contributed by atoms with Crippen molar-refractivity contribution in [2.45, 2.75) is 76.7 Å². The quantitative estimate of drug-likeness (QED) is 0.336. The summed E-state index contributed by atoms with van der Waals surface area (Å²) in [6.07, 6.45) is 15.5. The molecule has 2 aromatic rings. The van der Waals surface area contributed by atoms with Crippen molar-refractivity contribution in [2.75, 3.05) is 0 Å². The lowest BCUT2D eigenvalue weighted by atomic mass is 10.1. The van der Waals surface area contributed by atoms with E-state index in [-0.39, 0.29) is 4.90 Å². The molecule has 0 radical (unpaired) electrons. The summed E-state index contributed by atoms with van der Waals surface area (Å²) in [6.45, 7) is 5.29. The number of pyridine rings is 1. The molecular formula is C22H34NO3S+. The van der Waals surface area contributed by atoms with Crippen LogP contribution < -0.4 is 4.57 Å². The van der Waals surface area contributed by atoms with Crippen LogP contribution in [-0.2, 0) is 16.7 Å².